The van der Waals surface area contributed by atoms with Crippen LogP contribution in [-0.4, -0.2) is 58.2 Å². The number of carbonyl (C=O) groups is 2. The van der Waals surface area contributed by atoms with Crippen molar-refractivity contribution in [1.29, 1.82) is 0 Å². The summed E-state index contributed by atoms with van der Waals surface area (Å²) in [5.41, 5.74) is 6.95. The van der Waals surface area contributed by atoms with E-state index in [1.165, 1.54) is 4.90 Å². The molecule has 0 radical (unpaired) electrons. The predicted molar refractivity (Wildman–Crippen MR) is 76.4 cm³/mol. The van der Waals surface area contributed by atoms with Crippen LogP contribution < -0.4 is 10.6 Å². The van der Waals surface area contributed by atoms with E-state index in [0.717, 1.165) is 11.1 Å². The van der Waals surface area contributed by atoms with Crippen molar-refractivity contribution < 1.29 is 14.7 Å². The first-order chi connectivity index (χ1) is 9.99. The Morgan fingerprint density at radius 3 is 2.86 bits per heavy atom. The number of hydrogen-bond donors (Lipinski definition) is 3. The Hall–Kier alpha value is -2.77. The number of carboxylic acid groups (broad SMARTS) is 1. The highest BCUT2D eigenvalue weighted by Crippen LogP contribution is 2.29. The van der Waals surface area contributed by atoms with Gasteiger partial charge in [0, 0.05) is 31.7 Å². The summed E-state index contributed by atoms with van der Waals surface area (Å²) < 4.78 is 0. The third kappa shape index (κ3) is 2.04. The van der Waals surface area contributed by atoms with Crippen LogP contribution in [0, 0.1) is 0 Å². The third-order valence-electron chi connectivity index (χ3n) is 3.87. The standard InChI is InChI=1S/C13H15N5O3/c1-17(7-5-18(6-7)13(20)21)9-4-16-11(12(14)19)10-8(9)2-3-15-10/h2-4,7,15H,5-6H2,1H3,(H2,14,19)(H,20,21). The van der Waals surface area contributed by atoms with E-state index < -0.39 is 12.0 Å². The van der Waals surface area contributed by atoms with Crippen LogP contribution in [0.4, 0.5) is 10.5 Å². The molecule has 2 aromatic rings. The predicted octanol–water partition coefficient (Wildman–Crippen LogP) is 0.460. The van der Waals surface area contributed by atoms with Crippen molar-refractivity contribution in [1.82, 2.24) is 14.9 Å². The number of aromatic nitrogens is 2. The number of anilines is 1. The van der Waals surface area contributed by atoms with Crippen LogP contribution in [0.3, 0.4) is 0 Å². The number of aromatic amines is 1. The average Bonchev–Trinajstić information content (AvgIpc) is 2.83. The molecule has 4 N–H and O–H groups in total. The molecule has 1 aliphatic heterocycles. The lowest BCUT2D eigenvalue weighted by atomic mass is 10.1. The van der Waals surface area contributed by atoms with E-state index in [4.69, 9.17) is 10.8 Å². The van der Waals surface area contributed by atoms with E-state index >= 15 is 0 Å². The number of nitrogens with one attached hydrogen (secondary N) is 1. The number of H-pyrrole nitrogens is 1. The monoisotopic (exact) mass is 289 g/mol. The smallest absolute Gasteiger partial charge is 0.407 e. The zero-order valence-corrected chi connectivity index (χ0v) is 11.4. The lowest BCUT2D eigenvalue weighted by molar-refractivity contribution is 0.0995. The van der Waals surface area contributed by atoms with Gasteiger partial charge in [0.1, 0.15) is 0 Å². The molecule has 1 aliphatic rings. The largest absolute Gasteiger partial charge is 0.465 e. The SMILES string of the molecule is CN(c1cnc(C(N)=O)c2[nH]ccc12)C1CN(C(=O)O)C1. The van der Waals surface area contributed by atoms with E-state index in [1.54, 1.807) is 12.4 Å². The van der Waals surface area contributed by atoms with Crippen molar-refractivity contribution in [3.63, 3.8) is 0 Å². The Kier molecular flexibility index (Phi) is 2.93. The van der Waals surface area contributed by atoms with Crippen molar-refractivity contribution in [3.8, 4) is 0 Å². The summed E-state index contributed by atoms with van der Waals surface area (Å²) in [5.74, 6) is -0.586. The van der Waals surface area contributed by atoms with Gasteiger partial charge in [0.15, 0.2) is 5.69 Å². The molecule has 3 rings (SSSR count). The van der Waals surface area contributed by atoms with E-state index in [1.807, 2.05) is 18.0 Å². The Morgan fingerprint density at radius 1 is 1.52 bits per heavy atom. The normalized spacial score (nSPS) is 15.0. The van der Waals surface area contributed by atoms with Gasteiger partial charge in [0.25, 0.3) is 5.91 Å². The molecule has 0 unspecified atom stereocenters. The first-order valence-electron chi connectivity index (χ1n) is 6.45. The van der Waals surface area contributed by atoms with Gasteiger partial charge in [-0.3, -0.25) is 4.79 Å². The van der Waals surface area contributed by atoms with Gasteiger partial charge in [-0.05, 0) is 6.07 Å². The lowest BCUT2D eigenvalue weighted by Crippen LogP contribution is -2.60. The van der Waals surface area contributed by atoms with Gasteiger partial charge in [-0.1, -0.05) is 0 Å². The fourth-order valence-electron chi connectivity index (χ4n) is 2.56. The number of nitrogens with two attached hydrogens (primary N) is 1. The molecule has 0 spiro atoms. The molecule has 8 heteroatoms. The maximum atomic E-state index is 11.4. The molecule has 2 amide bonds. The molecule has 0 aromatic carbocycles. The molecular formula is C13H15N5O3. The summed E-state index contributed by atoms with van der Waals surface area (Å²) in [4.78, 5) is 32.6. The second-order valence-electron chi connectivity index (χ2n) is 5.07. The molecular weight excluding hydrogens is 274 g/mol. The number of pyridine rings is 1. The van der Waals surface area contributed by atoms with Crippen molar-refractivity contribution in [2.45, 2.75) is 6.04 Å². The maximum Gasteiger partial charge on any atom is 0.407 e. The van der Waals surface area contributed by atoms with E-state index in [9.17, 15) is 9.59 Å². The highest BCUT2D eigenvalue weighted by Gasteiger charge is 2.34. The highest BCUT2D eigenvalue weighted by atomic mass is 16.4. The van der Waals surface area contributed by atoms with Gasteiger partial charge in [-0.15, -0.1) is 0 Å². The summed E-state index contributed by atoms with van der Waals surface area (Å²) in [6.45, 7) is 0.907. The number of carbonyl (C=O) groups excluding carboxylic acids is 1. The van der Waals surface area contributed by atoms with Crippen molar-refractivity contribution in [3.05, 3.63) is 24.2 Å². The highest BCUT2D eigenvalue weighted by molar-refractivity contribution is 6.06. The molecule has 110 valence electrons. The molecule has 0 bridgehead atoms. The quantitative estimate of drug-likeness (QED) is 0.759. The molecule has 0 aliphatic carbocycles. The fraction of sp³-hybridized carbons (Fsp3) is 0.308. The van der Waals surface area contributed by atoms with Gasteiger partial charge < -0.3 is 25.6 Å². The Labute approximate surface area is 120 Å². The summed E-state index contributed by atoms with van der Waals surface area (Å²) in [6.07, 6.45) is 2.41. The number of nitrogens with zero attached hydrogens (tertiary/aromatic N) is 3. The first kappa shape index (κ1) is 13.2. The number of fused-ring (bicyclic) bond motifs is 1. The number of rotatable bonds is 3. The number of primary amides is 1. The molecule has 8 nitrogen and oxygen atoms in total. The number of likely N-dealkylation sites (tertiary alicyclic amines) is 1. The Bertz CT molecular complexity index is 720. The minimum Gasteiger partial charge on any atom is -0.465 e. The summed E-state index contributed by atoms with van der Waals surface area (Å²) in [7, 11) is 1.89. The molecule has 2 aromatic heterocycles. The van der Waals surface area contributed by atoms with E-state index in [-0.39, 0.29) is 11.7 Å². The van der Waals surface area contributed by atoms with Crippen LogP contribution in [0.5, 0.6) is 0 Å². The Morgan fingerprint density at radius 2 is 2.24 bits per heavy atom. The minimum absolute atomic E-state index is 0.0976. The van der Waals surface area contributed by atoms with Crippen molar-refractivity contribution >= 4 is 28.6 Å². The third-order valence-corrected chi connectivity index (χ3v) is 3.87. The molecule has 3 heterocycles. The topological polar surface area (TPSA) is 116 Å². The van der Waals surface area contributed by atoms with E-state index in [2.05, 4.69) is 9.97 Å². The van der Waals surface area contributed by atoms with Crippen LogP contribution in [0.1, 0.15) is 10.5 Å². The van der Waals surface area contributed by atoms with Gasteiger partial charge in [-0.25, -0.2) is 9.78 Å². The summed E-state index contributed by atoms with van der Waals surface area (Å²) in [6, 6.07) is 1.95. The van der Waals surface area contributed by atoms with Gasteiger partial charge >= 0.3 is 6.09 Å². The second-order valence-corrected chi connectivity index (χ2v) is 5.07. The van der Waals surface area contributed by atoms with Gasteiger partial charge in [0.2, 0.25) is 0 Å². The molecule has 21 heavy (non-hydrogen) atoms. The lowest BCUT2D eigenvalue weighted by Gasteiger charge is -2.43. The van der Waals surface area contributed by atoms with Crippen LogP contribution in [-0.2, 0) is 0 Å². The summed E-state index contributed by atoms with van der Waals surface area (Å²) in [5, 5.41) is 9.72. The van der Waals surface area contributed by atoms with Crippen molar-refractivity contribution in [2.24, 2.45) is 5.73 Å². The number of likely N-dealkylation sites (N-methyl/N-ethyl adjacent to an activating group) is 1. The maximum absolute atomic E-state index is 11.4. The zero-order chi connectivity index (χ0) is 15.1. The number of amides is 2. The second kappa shape index (κ2) is 4.65. The zero-order valence-electron chi connectivity index (χ0n) is 11.4. The molecule has 1 fully saturated rings. The van der Waals surface area contributed by atoms with Crippen molar-refractivity contribution in [2.75, 3.05) is 25.0 Å². The van der Waals surface area contributed by atoms with Gasteiger partial charge in [-0.2, -0.15) is 0 Å². The molecule has 0 atom stereocenters. The summed E-state index contributed by atoms with van der Waals surface area (Å²) >= 11 is 0. The van der Waals surface area contributed by atoms with E-state index in [0.29, 0.717) is 18.6 Å². The van der Waals surface area contributed by atoms with Gasteiger partial charge in [0.05, 0.1) is 23.4 Å². The average molecular weight is 289 g/mol. The fourth-order valence-corrected chi connectivity index (χ4v) is 2.56. The first-order valence-corrected chi connectivity index (χ1v) is 6.45. The molecule has 1 saturated heterocycles. The molecule has 0 saturated carbocycles. The number of hydrogen-bond acceptors (Lipinski definition) is 4. The minimum atomic E-state index is -0.909. The van der Waals surface area contributed by atoms with Crippen LogP contribution >= 0.6 is 0 Å². The van der Waals surface area contributed by atoms with Crippen LogP contribution in [0.15, 0.2) is 18.5 Å². The van der Waals surface area contributed by atoms with Crippen LogP contribution in [0.2, 0.25) is 0 Å². The Balaban J connectivity index is 1.91. The van der Waals surface area contributed by atoms with Crippen LogP contribution in [0.25, 0.3) is 10.9 Å².